The number of fused-ring (bicyclic) bond motifs is 1. The summed E-state index contributed by atoms with van der Waals surface area (Å²) in [4.78, 5) is 18.1. The average molecular weight is 469 g/mol. The fourth-order valence-corrected chi connectivity index (χ4v) is 4.14. The number of carbonyl (C=O) groups is 1. The molecule has 10 nitrogen and oxygen atoms in total. The second-order valence-corrected chi connectivity index (χ2v) is 7.99. The summed E-state index contributed by atoms with van der Waals surface area (Å²) in [7, 11) is 1.32. The quantitative estimate of drug-likeness (QED) is 0.453. The second kappa shape index (κ2) is 8.78. The minimum Gasteiger partial charge on any atom is -0.453 e. The van der Waals surface area contributed by atoms with Gasteiger partial charge in [-0.15, -0.1) is 5.10 Å². The number of hydrogen-bond acceptors (Lipinski definition) is 7. The molecular formula is C22H21F2N7O3. The third-order valence-corrected chi connectivity index (χ3v) is 5.75. The number of rotatable bonds is 4. The van der Waals surface area contributed by atoms with E-state index < -0.39 is 23.8 Å². The highest BCUT2D eigenvalue weighted by atomic mass is 19.1. The minimum absolute atomic E-state index is 0.147. The van der Waals surface area contributed by atoms with Gasteiger partial charge in [-0.05, 0) is 35.0 Å². The van der Waals surface area contributed by atoms with Gasteiger partial charge in [0.1, 0.15) is 23.6 Å². The van der Waals surface area contributed by atoms with Crippen LogP contribution >= 0.6 is 0 Å². The SMILES string of the molecule is COC(=O)N1CCO[C@@H](Cc2c(-c3c(F)cc(-n4cnnn4)cc3F)nc3cc(C)ccn23)C1. The number of hydrogen-bond donors (Lipinski definition) is 0. The molecule has 1 atom stereocenters. The largest absolute Gasteiger partial charge is 0.453 e. The number of nitrogens with zero attached hydrogens (tertiary/aromatic N) is 7. The van der Waals surface area contributed by atoms with Gasteiger partial charge in [0.15, 0.2) is 0 Å². The molecule has 0 N–H and O–H groups in total. The highest BCUT2D eigenvalue weighted by Crippen LogP contribution is 2.32. The third kappa shape index (κ3) is 3.96. The number of aryl methyl sites for hydroxylation is 1. The van der Waals surface area contributed by atoms with Crippen LogP contribution in [0.15, 0.2) is 36.8 Å². The van der Waals surface area contributed by atoms with Gasteiger partial charge in [-0.1, -0.05) is 0 Å². The Morgan fingerprint density at radius 1 is 1.26 bits per heavy atom. The summed E-state index contributed by atoms with van der Waals surface area (Å²) in [6.45, 7) is 2.93. The molecule has 0 bridgehead atoms. The number of ether oxygens (including phenoxy) is 2. The van der Waals surface area contributed by atoms with E-state index in [1.54, 1.807) is 9.30 Å². The van der Waals surface area contributed by atoms with E-state index in [0.717, 1.165) is 17.7 Å². The summed E-state index contributed by atoms with van der Waals surface area (Å²) in [6.07, 6.45) is 2.49. The molecule has 0 spiro atoms. The molecule has 1 aromatic carbocycles. The van der Waals surface area contributed by atoms with Crippen molar-refractivity contribution in [3.8, 4) is 16.9 Å². The molecule has 1 saturated heterocycles. The van der Waals surface area contributed by atoms with Crippen LogP contribution < -0.4 is 0 Å². The lowest BCUT2D eigenvalue weighted by Gasteiger charge is -2.32. The predicted molar refractivity (Wildman–Crippen MR) is 115 cm³/mol. The number of imidazole rings is 1. The number of tetrazole rings is 1. The molecule has 3 aromatic heterocycles. The molecule has 12 heteroatoms. The number of carbonyl (C=O) groups excluding carboxylic acids is 1. The molecule has 1 aliphatic heterocycles. The maximum atomic E-state index is 15.3. The molecule has 4 aromatic rings. The summed E-state index contributed by atoms with van der Waals surface area (Å²) >= 11 is 0. The lowest BCUT2D eigenvalue weighted by atomic mass is 10.0. The standard InChI is InChI=1S/C22H21F2N7O3/c1-13-3-4-30-18(10-15-11-29(5-6-34-15)22(32)33-2)21(26-19(30)7-13)20-16(23)8-14(9-17(20)24)31-12-25-27-28-31/h3-4,7-9,12,15H,5-6,10-11H2,1-2H3/t15-/m0/s1. The molecule has 176 valence electrons. The Balaban J connectivity index is 1.58. The van der Waals surface area contributed by atoms with Gasteiger partial charge in [0.2, 0.25) is 0 Å². The second-order valence-electron chi connectivity index (χ2n) is 7.99. The zero-order chi connectivity index (χ0) is 23.8. The maximum Gasteiger partial charge on any atom is 0.409 e. The smallest absolute Gasteiger partial charge is 0.409 e. The Bertz CT molecular complexity index is 1330. The number of morpholine rings is 1. The molecule has 5 rings (SSSR count). The Hall–Kier alpha value is -3.93. The molecule has 1 aliphatic rings. The van der Waals surface area contributed by atoms with Crippen LogP contribution in [0.4, 0.5) is 13.6 Å². The van der Waals surface area contributed by atoms with Gasteiger partial charge in [0.25, 0.3) is 0 Å². The highest BCUT2D eigenvalue weighted by Gasteiger charge is 2.29. The lowest BCUT2D eigenvalue weighted by molar-refractivity contribution is -0.0241. The number of benzene rings is 1. The van der Waals surface area contributed by atoms with Gasteiger partial charge < -0.3 is 18.8 Å². The Morgan fingerprint density at radius 3 is 2.76 bits per heavy atom. The van der Waals surface area contributed by atoms with Crippen molar-refractivity contribution in [1.82, 2.24) is 34.5 Å². The number of aromatic nitrogens is 6. The van der Waals surface area contributed by atoms with Crippen LogP contribution in [0.1, 0.15) is 11.3 Å². The van der Waals surface area contributed by atoms with E-state index in [4.69, 9.17) is 9.47 Å². The van der Waals surface area contributed by atoms with E-state index in [1.165, 1.54) is 18.1 Å². The molecule has 0 radical (unpaired) electrons. The van der Waals surface area contributed by atoms with Crippen molar-refractivity contribution < 1.29 is 23.0 Å². The van der Waals surface area contributed by atoms with Crippen LogP contribution in [0, 0.1) is 18.6 Å². The van der Waals surface area contributed by atoms with E-state index in [-0.39, 0.29) is 29.9 Å². The Labute approximate surface area is 192 Å². The first-order valence-corrected chi connectivity index (χ1v) is 10.6. The molecule has 0 saturated carbocycles. The molecule has 1 amide bonds. The summed E-state index contributed by atoms with van der Waals surface area (Å²) in [5.41, 5.74) is 2.13. The zero-order valence-electron chi connectivity index (χ0n) is 18.5. The minimum atomic E-state index is -0.798. The first-order valence-electron chi connectivity index (χ1n) is 10.6. The first kappa shape index (κ1) is 21.9. The summed E-state index contributed by atoms with van der Waals surface area (Å²) in [5, 5.41) is 10.7. The van der Waals surface area contributed by atoms with E-state index in [0.29, 0.717) is 24.5 Å². The molecule has 0 unspecified atom stereocenters. The normalized spacial score (nSPS) is 16.2. The highest BCUT2D eigenvalue weighted by molar-refractivity contribution is 5.70. The lowest BCUT2D eigenvalue weighted by Crippen LogP contribution is -2.46. The number of methoxy groups -OCH3 is 1. The summed E-state index contributed by atoms with van der Waals surface area (Å²) in [5.74, 6) is -1.60. The first-order chi connectivity index (χ1) is 16.4. The zero-order valence-corrected chi connectivity index (χ0v) is 18.5. The maximum absolute atomic E-state index is 15.3. The van der Waals surface area contributed by atoms with Gasteiger partial charge in [0.05, 0.1) is 49.0 Å². The molecule has 34 heavy (non-hydrogen) atoms. The van der Waals surface area contributed by atoms with E-state index in [1.807, 2.05) is 25.3 Å². The Kier molecular flexibility index (Phi) is 5.65. The van der Waals surface area contributed by atoms with Crippen molar-refractivity contribution in [1.29, 1.82) is 0 Å². The summed E-state index contributed by atoms with van der Waals surface area (Å²) < 4.78 is 44.2. The Morgan fingerprint density at radius 2 is 2.06 bits per heavy atom. The van der Waals surface area contributed by atoms with Gasteiger partial charge in [-0.3, -0.25) is 0 Å². The van der Waals surface area contributed by atoms with Crippen molar-refractivity contribution in [2.24, 2.45) is 0 Å². The van der Waals surface area contributed by atoms with E-state index in [2.05, 4.69) is 20.5 Å². The number of pyridine rings is 1. The molecule has 1 fully saturated rings. The topological polar surface area (TPSA) is 99.7 Å². The van der Waals surface area contributed by atoms with Crippen molar-refractivity contribution in [2.45, 2.75) is 19.4 Å². The number of halogens is 2. The molecule has 4 heterocycles. The fourth-order valence-electron chi connectivity index (χ4n) is 4.14. The van der Waals surface area contributed by atoms with Crippen LogP contribution in [0.3, 0.4) is 0 Å². The predicted octanol–water partition coefficient (Wildman–Crippen LogP) is 2.57. The molecule has 0 aliphatic carbocycles. The van der Waals surface area contributed by atoms with E-state index >= 15 is 8.78 Å². The molecular weight excluding hydrogens is 448 g/mol. The van der Waals surface area contributed by atoms with Crippen LogP contribution in [-0.2, 0) is 15.9 Å². The summed E-state index contributed by atoms with van der Waals surface area (Å²) in [6, 6.07) is 6.03. The van der Waals surface area contributed by atoms with E-state index in [9.17, 15) is 4.79 Å². The van der Waals surface area contributed by atoms with Crippen LogP contribution in [0.2, 0.25) is 0 Å². The monoisotopic (exact) mass is 469 g/mol. The third-order valence-electron chi connectivity index (χ3n) is 5.75. The van der Waals surface area contributed by atoms with Gasteiger partial charge in [-0.25, -0.2) is 23.2 Å². The van der Waals surface area contributed by atoms with Crippen molar-refractivity contribution in [2.75, 3.05) is 26.8 Å². The van der Waals surface area contributed by atoms with Gasteiger partial charge in [-0.2, -0.15) is 0 Å². The fraction of sp³-hybridized carbons (Fsp3) is 0.318. The van der Waals surface area contributed by atoms with Crippen LogP contribution in [0.5, 0.6) is 0 Å². The van der Waals surface area contributed by atoms with Crippen molar-refractivity contribution >= 4 is 11.7 Å². The number of amides is 1. The average Bonchev–Trinajstić information content (AvgIpc) is 3.47. The van der Waals surface area contributed by atoms with Gasteiger partial charge in [0, 0.05) is 31.3 Å². The van der Waals surface area contributed by atoms with Crippen LogP contribution in [-0.4, -0.2) is 73.5 Å². The van der Waals surface area contributed by atoms with Gasteiger partial charge >= 0.3 is 6.09 Å². The van der Waals surface area contributed by atoms with Crippen LogP contribution in [0.25, 0.3) is 22.6 Å². The van der Waals surface area contributed by atoms with Crippen molar-refractivity contribution in [3.05, 3.63) is 59.7 Å². The van der Waals surface area contributed by atoms with Crippen molar-refractivity contribution in [3.63, 3.8) is 0 Å².